The first kappa shape index (κ1) is 15.0. The van der Waals surface area contributed by atoms with E-state index in [2.05, 4.69) is 45.1 Å². The largest absolute Gasteiger partial charge is 0.368 e. The normalized spacial score (nSPS) is 23.5. The molecule has 2 heterocycles. The van der Waals surface area contributed by atoms with Crippen LogP contribution < -0.4 is 0 Å². The summed E-state index contributed by atoms with van der Waals surface area (Å²) >= 11 is 3.46. The summed E-state index contributed by atoms with van der Waals surface area (Å²) in [6.07, 6.45) is 1.72. The van der Waals surface area contributed by atoms with Gasteiger partial charge >= 0.3 is 0 Å². The van der Waals surface area contributed by atoms with Crippen LogP contribution in [0.15, 0.2) is 28.7 Å². The highest BCUT2D eigenvalue weighted by Gasteiger charge is 2.30. The Bertz CT molecular complexity index is 478. The molecule has 0 bridgehead atoms. The molecule has 2 saturated heterocycles. The van der Waals surface area contributed by atoms with Crippen molar-refractivity contribution in [1.82, 2.24) is 9.80 Å². The third kappa shape index (κ3) is 3.84. The Labute approximate surface area is 134 Å². The van der Waals surface area contributed by atoms with E-state index in [1.807, 2.05) is 4.90 Å². The molecule has 0 radical (unpaired) electrons. The lowest BCUT2D eigenvalue weighted by molar-refractivity contribution is -0.142. The summed E-state index contributed by atoms with van der Waals surface area (Å²) in [6.45, 7) is 5.20. The van der Waals surface area contributed by atoms with Gasteiger partial charge in [0.05, 0.1) is 0 Å². The first-order valence-electron chi connectivity index (χ1n) is 7.59. The molecule has 1 amide bonds. The average molecular weight is 353 g/mol. The van der Waals surface area contributed by atoms with E-state index in [-0.39, 0.29) is 12.0 Å². The van der Waals surface area contributed by atoms with Crippen molar-refractivity contribution in [2.75, 3.05) is 32.8 Å². The van der Waals surface area contributed by atoms with Crippen LogP contribution in [0.1, 0.15) is 18.4 Å². The molecule has 1 aromatic carbocycles. The molecular formula is C16H21BrN2O2. The minimum absolute atomic E-state index is 0.178. The Morgan fingerprint density at radius 2 is 1.90 bits per heavy atom. The summed E-state index contributed by atoms with van der Waals surface area (Å²) in [4.78, 5) is 16.7. The number of hydrogen-bond donors (Lipinski definition) is 0. The molecule has 2 aliphatic rings. The minimum atomic E-state index is -0.178. The van der Waals surface area contributed by atoms with Crippen LogP contribution in [-0.4, -0.2) is 54.6 Å². The van der Waals surface area contributed by atoms with Crippen LogP contribution in [0.25, 0.3) is 0 Å². The average Bonchev–Trinajstić information content (AvgIpc) is 3.04. The van der Waals surface area contributed by atoms with E-state index in [9.17, 15) is 4.79 Å². The second-order valence-corrected chi connectivity index (χ2v) is 6.65. The summed E-state index contributed by atoms with van der Waals surface area (Å²) < 4.78 is 6.60. The number of carbonyl (C=O) groups is 1. The van der Waals surface area contributed by atoms with Gasteiger partial charge in [0.15, 0.2) is 0 Å². The van der Waals surface area contributed by atoms with Gasteiger partial charge in [0.1, 0.15) is 6.10 Å². The maximum atomic E-state index is 12.3. The molecule has 0 aliphatic carbocycles. The quantitative estimate of drug-likeness (QED) is 0.836. The van der Waals surface area contributed by atoms with E-state index in [4.69, 9.17) is 4.74 Å². The Morgan fingerprint density at radius 1 is 1.19 bits per heavy atom. The minimum Gasteiger partial charge on any atom is -0.368 e. The van der Waals surface area contributed by atoms with E-state index in [1.54, 1.807) is 0 Å². The maximum absolute atomic E-state index is 12.3. The fourth-order valence-electron chi connectivity index (χ4n) is 2.95. The number of rotatable bonds is 3. The number of nitrogens with zero attached hydrogens (tertiary/aromatic N) is 2. The van der Waals surface area contributed by atoms with Gasteiger partial charge in [-0.25, -0.2) is 0 Å². The molecule has 0 spiro atoms. The van der Waals surface area contributed by atoms with E-state index >= 15 is 0 Å². The molecule has 0 N–H and O–H groups in total. The Morgan fingerprint density at radius 3 is 2.52 bits per heavy atom. The van der Waals surface area contributed by atoms with Gasteiger partial charge in [-0.05, 0) is 30.5 Å². The molecule has 3 rings (SSSR count). The molecule has 1 atom stereocenters. The molecule has 0 saturated carbocycles. The van der Waals surface area contributed by atoms with Crippen molar-refractivity contribution in [2.45, 2.75) is 25.5 Å². The van der Waals surface area contributed by atoms with Crippen molar-refractivity contribution in [3.63, 3.8) is 0 Å². The zero-order valence-electron chi connectivity index (χ0n) is 12.1. The highest BCUT2D eigenvalue weighted by Crippen LogP contribution is 2.17. The fraction of sp³-hybridized carbons (Fsp3) is 0.562. The van der Waals surface area contributed by atoms with Crippen molar-refractivity contribution in [3.05, 3.63) is 34.3 Å². The molecule has 2 fully saturated rings. The predicted molar refractivity (Wildman–Crippen MR) is 85.0 cm³/mol. The maximum Gasteiger partial charge on any atom is 0.251 e. The van der Waals surface area contributed by atoms with E-state index in [0.717, 1.165) is 56.6 Å². The van der Waals surface area contributed by atoms with Gasteiger partial charge in [0.2, 0.25) is 0 Å². The predicted octanol–water partition coefficient (Wildman–Crippen LogP) is 2.27. The van der Waals surface area contributed by atoms with Crippen molar-refractivity contribution in [2.24, 2.45) is 0 Å². The molecule has 1 aromatic rings. The molecule has 0 aromatic heterocycles. The van der Waals surface area contributed by atoms with Gasteiger partial charge in [-0.15, -0.1) is 0 Å². The summed E-state index contributed by atoms with van der Waals surface area (Å²) in [6, 6.07) is 8.45. The van der Waals surface area contributed by atoms with E-state index in [0.29, 0.717) is 0 Å². The third-order valence-corrected chi connectivity index (χ3v) is 4.74. The number of ether oxygens (including phenoxy) is 1. The van der Waals surface area contributed by atoms with E-state index < -0.39 is 0 Å². The molecule has 21 heavy (non-hydrogen) atoms. The number of halogens is 1. The number of hydrogen-bond acceptors (Lipinski definition) is 3. The zero-order valence-corrected chi connectivity index (χ0v) is 13.7. The van der Waals surface area contributed by atoms with Gasteiger partial charge < -0.3 is 9.64 Å². The standard InChI is InChI=1S/C16H21BrN2O2/c17-14-5-3-13(4-6-14)12-18-7-9-19(10-8-18)16(20)15-2-1-11-21-15/h3-6,15H,1-2,7-12H2/t15-/m0/s1. The number of amides is 1. The number of benzene rings is 1. The van der Waals surface area contributed by atoms with Gasteiger partial charge in [0, 0.05) is 43.8 Å². The molecule has 2 aliphatic heterocycles. The number of piperazine rings is 1. The van der Waals surface area contributed by atoms with Gasteiger partial charge in [-0.3, -0.25) is 9.69 Å². The fourth-order valence-corrected chi connectivity index (χ4v) is 3.21. The SMILES string of the molecule is O=C([C@@H]1CCCO1)N1CCN(Cc2ccc(Br)cc2)CC1. The Balaban J connectivity index is 1.48. The van der Waals surface area contributed by atoms with Crippen LogP contribution in [0.4, 0.5) is 0 Å². The van der Waals surface area contributed by atoms with Crippen LogP contribution in [-0.2, 0) is 16.1 Å². The van der Waals surface area contributed by atoms with Crippen molar-refractivity contribution in [1.29, 1.82) is 0 Å². The lowest BCUT2D eigenvalue weighted by atomic mass is 10.1. The highest BCUT2D eigenvalue weighted by molar-refractivity contribution is 9.10. The van der Waals surface area contributed by atoms with Gasteiger partial charge in [-0.1, -0.05) is 28.1 Å². The molecule has 0 unspecified atom stereocenters. The van der Waals surface area contributed by atoms with Crippen LogP contribution in [0, 0.1) is 0 Å². The second kappa shape index (κ2) is 6.90. The second-order valence-electron chi connectivity index (χ2n) is 5.73. The lowest BCUT2D eigenvalue weighted by Crippen LogP contribution is -2.51. The molecular weight excluding hydrogens is 332 g/mol. The van der Waals surface area contributed by atoms with Crippen molar-refractivity contribution in [3.8, 4) is 0 Å². The smallest absolute Gasteiger partial charge is 0.251 e. The summed E-state index contributed by atoms with van der Waals surface area (Å²) in [7, 11) is 0. The molecule has 5 heteroatoms. The van der Waals surface area contributed by atoms with Crippen molar-refractivity contribution >= 4 is 21.8 Å². The summed E-state index contributed by atoms with van der Waals surface area (Å²) in [5.41, 5.74) is 1.32. The number of carbonyl (C=O) groups excluding carboxylic acids is 1. The monoisotopic (exact) mass is 352 g/mol. The van der Waals surface area contributed by atoms with E-state index in [1.165, 1.54) is 5.56 Å². The highest BCUT2D eigenvalue weighted by atomic mass is 79.9. The van der Waals surface area contributed by atoms with Crippen molar-refractivity contribution < 1.29 is 9.53 Å². The summed E-state index contributed by atoms with van der Waals surface area (Å²) in [5.74, 6) is 0.191. The third-order valence-electron chi connectivity index (χ3n) is 4.21. The van der Waals surface area contributed by atoms with Crippen LogP contribution in [0.5, 0.6) is 0 Å². The summed E-state index contributed by atoms with van der Waals surface area (Å²) in [5, 5.41) is 0. The first-order valence-corrected chi connectivity index (χ1v) is 8.39. The first-order chi connectivity index (χ1) is 10.2. The van der Waals surface area contributed by atoms with Crippen LogP contribution in [0.3, 0.4) is 0 Å². The van der Waals surface area contributed by atoms with Crippen LogP contribution >= 0.6 is 15.9 Å². The Hall–Kier alpha value is -0.910. The molecule has 4 nitrogen and oxygen atoms in total. The van der Waals surface area contributed by atoms with Gasteiger partial charge in [0.25, 0.3) is 5.91 Å². The van der Waals surface area contributed by atoms with Gasteiger partial charge in [-0.2, -0.15) is 0 Å². The topological polar surface area (TPSA) is 32.8 Å². The zero-order chi connectivity index (χ0) is 14.7. The molecule has 114 valence electrons. The Kier molecular flexibility index (Phi) is 4.93. The lowest BCUT2D eigenvalue weighted by Gasteiger charge is -2.35. The van der Waals surface area contributed by atoms with Crippen LogP contribution in [0.2, 0.25) is 0 Å².